The molecule has 2 aromatic rings. The molecule has 1 unspecified atom stereocenters. The molecule has 1 saturated heterocycles. The number of hydrogen-bond acceptors (Lipinski definition) is 5. The molecular weight excluding hydrogens is 346 g/mol. The van der Waals surface area contributed by atoms with E-state index in [0.717, 1.165) is 25.9 Å². The van der Waals surface area contributed by atoms with Crippen LogP contribution in [0.4, 0.5) is 5.69 Å². The van der Waals surface area contributed by atoms with Gasteiger partial charge in [-0.2, -0.15) is 0 Å². The number of carboxylic acid groups (broad SMARTS) is 1. The van der Waals surface area contributed by atoms with Gasteiger partial charge in [-0.25, -0.2) is 4.79 Å². The maximum atomic E-state index is 12.2. The number of carboxylic acids is 1. The van der Waals surface area contributed by atoms with Crippen molar-refractivity contribution in [3.05, 3.63) is 59.9 Å². The second-order valence-corrected chi connectivity index (χ2v) is 6.75. The quantitative estimate of drug-likeness (QED) is 0.721. The van der Waals surface area contributed by atoms with Crippen molar-refractivity contribution in [3.63, 3.8) is 0 Å². The molecule has 2 heterocycles. The van der Waals surface area contributed by atoms with E-state index in [4.69, 9.17) is 5.11 Å². The first kappa shape index (κ1) is 19.0. The van der Waals surface area contributed by atoms with E-state index >= 15 is 0 Å². The summed E-state index contributed by atoms with van der Waals surface area (Å²) in [6, 6.07) is 11.7. The van der Waals surface area contributed by atoms with Crippen molar-refractivity contribution in [3.8, 4) is 0 Å². The Morgan fingerprint density at radius 2 is 1.96 bits per heavy atom. The highest BCUT2D eigenvalue weighted by Crippen LogP contribution is 2.29. The van der Waals surface area contributed by atoms with Gasteiger partial charge < -0.3 is 15.5 Å². The van der Waals surface area contributed by atoms with Gasteiger partial charge in [-0.1, -0.05) is 12.1 Å². The van der Waals surface area contributed by atoms with E-state index in [0.29, 0.717) is 11.4 Å². The first-order chi connectivity index (χ1) is 13.0. The van der Waals surface area contributed by atoms with Crippen LogP contribution in [0.15, 0.2) is 48.7 Å². The Morgan fingerprint density at radius 3 is 2.63 bits per heavy atom. The molecule has 27 heavy (non-hydrogen) atoms. The first-order valence-corrected chi connectivity index (χ1v) is 8.97. The van der Waals surface area contributed by atoms with E-state index in [1.54, 1.807) is 18.3 Å². The Kier molecular flexibility index (Phi) is 6.16. The second kappa shape index (κ2) is 8.75. The van der Waals surface area contributed by atoms with Gasteiger partial charge in [0, 0.05) is 11.9 Å². The summed E-state index contributed by atoms with van der Waals surface area (Å²) in [5.41, 5.74) is 1.30. The minimum Gasteiger partial charge on any atom is -0.478 e. The van der Waals surface area contributed by atoms with E-state index in [-0.39, 0.29) is 23.9 Å². The zero-order valence-electron chi connectivity index (χ0n) is 14.9. The average molecular weight is 369 g/mol. The predicted molar refractivity (Wildman–Crippen MR) is 100 cm³/mol. The Balaban J connectivity index is 1.48. The highest BCUT2D eigenvalue weighted by atomic mass is 16.4. The molecule has 3 rings (SSSR count). The molecule has 1 aromatic carbocycles. The lowest BCUT2D eigenvalue weighted by atomic mass is 9.89. The normalized spacial score (nSPS) is 16.6. The minimum absolute atomic E-state index is 0.131. The van der Waals surface area contributed by atoms with Crippen molar-refractivity contribution in [2.24, 2.45) is 5.92 Å². The van der Waals surface area contributed by atoms with Crippen LogP contribution in [-0.2, 0) is 4.79 Å². The van der Waals surface area contributed by atoms with Gasteiger partial charge in [0.2, 0.25) is 5.91 Å². The number of amides is 1. The van der Waals surface area contributed by atoms with Crippen LogP contribution in [0, 0.1) is 5.92 Å². The van der Waals surface area contributed by atoms with Gasteiger partial charge in [-0.05, 0) is 62.2 Å². The van der Waals surface area contributed by atoms with Crippen LogP contribution in [0.1, 0.15) is 35.0 Å². The molecule has 0 saturated carbocycles. The number of aromatic nitrogens is 1. The Morgan fingerprint density at radius 1 is 1.19 bits per heavy atom. The maximum absolute atomic E-state index is 12.2. The molecule has 1 fully saturated rings. The second-order valence-electron chi connectivity index (χ2n) is 6.75. The molecular formula is C20H23N3O4. The van der Waals surface area contributed by atoms with E-state index in [1.165, 1.54) is 12.1 Å². The van der Waals surface area contributed by atoms with Gasteiger partial charge in [0.25, 0.3) is 0 Å². The topological polar surface area (TPSA) is 103 Å². The summed E-state index contributed by atoms with van der Waals surface area (Å²) in [5, 5.41) is 22.2. The van der Waals surface area contributed by atoms with Crippen LogP contribution in [0.2, 0.25) is 0 Å². The number of carbonyl (C=O) groups is 2. The van der Waals surface area contributed by atoms with Gasteiger partial charge in [-0.3, -0.25) is 14.7 Å². The molecule has 3 N–H and O–H groups in total. The van der Waals surface area contributed by atoms with E-state index in [1.807, 2.05) is 23.1 Å². The zero-order valence-corrected chi connectivity index (χ0v) is 14.9. The van der Waals surface area contributed by atoms with Crippen LogP contribution < -0.4 is 5.32 Å². The molecule has 1 amide bonds. The number of benzene rings is 1. The number of hydrogen-bond donors (Lipinski definition) is 3. The number of pyridine rings is 1. The fourth-order valence-electron chi connectivity index (χ4n) is 3.35. The van der Waals surface area contributed by atoms with E-state index in [9.17, 15) is 14.7 Å². The summed E-state index contributed by atoms with van der Waals surface area (Å²) in [6.07, 6.45) is 2.68. The molecule has 0 radical (unpaired) electrons. The number of aliphatic hydroxyl groups excluding tert-OH is 1. The summed E-state index contributed by atoms with van der Waals surface area (Å²) in [7, 11) is 0. The highest BCUT2D eigenvalue weighted by molar-refractivity contribution is 5.94. The Hall–Kier alpha value is -2.77. The maximum Gasteiger partial charge on any atom is 0.335 e. The van der Waals surface area contributed by atoms with Crippen molar-refractivity contribution in [2.75, 3.05) is 25.0 Å². The number of piperidine rings is 1. The monoisotopic (exact) mass is 369 g/mol. The third-order valence-electron chi connectivity index (χ3n) is 4.83. The van der Waals surface area contributed by atoms with Crippen molar-refractivity contribution < 1.29 is 19.8 Å². The van der Waals surface area contributed by atoms with Crippen LogP contribution in [0.3, 0.4) is 0 Å². The number of aromatic carboxylic acids is 1. The standard InChI is InChI=1S/C20H23N3O4/c24-18(22-16-5-3-4-15(12-16)20(26)27)13-23-10-7-14(8-11-23)19(25)17-6-1-2-9-21-17/h1-6,9,12,14,19,25H,7-8,10-11,13H2,(H,22,24)(H,26,27). The Labute approximate surface area is 157 Å². The fourth-order valence-corrected chi connectivity index (χ4v) is 3.35. The van der Waals surface area contributed by atoms with Gasteiger partial charge in [-0.15, -0.1) is 0 Å². The molecule has 0 spiro atoms. The van der Waals surface area contributed by atoms with E-state index < -0.39 is 12.1 Å². The molecule has 1 aliphatic rings. The lowest BCUT2D eigenvalue weighted by Gasteiger charge is -2.33. The third kappa shape index (κ3) is 5.12. The molecule has 1 aliphatic heterocycles. The summed E-state index contributed by atoms with van der Waals surface area (Å²) in [6.45, 7) is 1.68. The number of anilines is 1. The van der Waals surface area contributed by atoms with Gasteiger partial charge in [0.15, 0.2) is 0 Å². The predicted octanol–water partition coefficient (Wildman–Crippen LogP) is 2.16. The summed E-state index contributed by atoms with van der Waals surface area (Å²) < 4.78 is 0. The lowest BCUT2D eigenvalue weighted by Crippen LogP contribution is -2.40. The largest absolute Gasteiger partial charge is 0.478 e. The Bertz CT molecular complexity index is 789. The molecule has 7 nitrogen and oxygen atoms in total. The number of carbonyl (C=O) groups excluding carboxylic acids is 1. The van der Waals surface area contributed by atoms with Crippen molar-refractivity contribution in [1.29, 1.82) is 0 Å². The van der Waals surface area contributed by atoms with Crippen LogP contribution in [0.5, 0.6) is 0 Å². The SMILES string of the molecule is O=C(CN1CCC(C(O)c2ccccn2)CC1)Nc1cccc(C(=O)O)c1. The molecule has 1 aromatic heterocycles. The van der Waals surface area contributed by atoms with Gasteiger partial charge in [0.05, 0.1) is 23.9 Å². The van der Waals surface area contributed by atoms with Crippen molar-refractivity contribution in [1.82, 2.24) is 9.88 Å². The van der Waals surface area contributed by atoms with Crippen LogP contribution in [0.25, 0.3) is 0 Å². The molecule has 0 bridgehead atoms. The van der Waals surface area contributed by atoms with Crippen molar-refractivity contribution >= 4 is 17.6 Å². The number of likely N-dealkylation sites (tertiary alicyclic amines) is 1. The molecule has 1 atom stereocenters. The van der Waals surface area contributed by atoms with Crippen LogP contribution in [-0.4, -0.2) is 51.6 Å². The number of aliphatic hydroxyl groups is 1. The number of nitrogens with one attached hydrogen (secondary N) is 1. The average Bonchev–Trinajstić information content (AvgIpc) is 2.69. The third-order valence-corrected chi connectivity index (χ3v) is 4.83. The summed E-state index contributed by atoms with van der Waals surface area (Å²) >= 11 is 0. The zero-order chi connectivity index (χ0) is 19.2. The van der Waals surface area contributed by atoms with Gasteiger partial charge >= 0.3 is 5.97 Å². The first-order valence-electron chi connectivity index (χ1n) is 8.97. The van der Waals surface area contributed by atoms with Gasteiger partial charge in [0.1, 0.15) is 0 Å². The number of rotatable bonds is 6. The highest BCUT2D eigenvalue weighted by Gasteiger charge is 2.27. The fraction of sp³-hybridized carbons (Fsp3) is 0.350. The smallest absolute Gasteiger partial charge is 0.335 e. The number of nitrogens with zero attached hydrogens (tertiary/aromatic N) is 2. The van der Waals surface area contributed by atoms with Crippen molar-refractivity contribution in [2.45, 2.75) is 18.9 Å². The summed E-state index contributed by atoms with van der Waals surface area (Å²) in [4.78, 5) is 29.5. The molecule has 7 heteroatoms. The van der Waals surface area contributed by atoms with E-state index in [2.05, 4.69) is 10.3 Å². The van der Waals surface area contributed by atoms with Crippen LogP contribution >= 0.6 is 0 Å². The lowest BCUT2D eigenvalue weighted by molar-refractivity contribution is -0.117. The minimum atomic E-state index is -1.03. The molecule has 0 aliphatic carbocycles. The summed E-state index contributed by atoms with van der Waals surface area (Å²) in [5.74, 6) is -1.08. The molecule has 142 valence electrons.